The van der Waals surface area contributed by atoms with Crippen LogP contribution in [0.5, 0.6) is 17.2 Å². The van der Waals surface area contributed by atoms with Gasteiger partial charge in [-0.25, -0.2) is 0 Å². The summed E-state index contributed by atoms with van der Waals surface area (Å²) in [5.74, 6) is 1.85. The molecule has 118 valence electrons. The molecule has 1 amide bonds. The quantitative estimate of drug-likeness (QED) is 0.875. The maximum absolute atomic E-state index is 11.8. The van der Waals surface area contributed by atoms with Crippen LogP contribution in [0, 0.1) is 5.41 Å². The van der Waals surface area contributed by atoms with Crippen molar-refractivity contribution < 1.29 is 19.0 Å². The Kier molecular flexibility index (Phi) is 5.88. The van der Waals surface area contributed by atoms with Crippen LogP contribution in [0.15, 0.2) is 12.1 Å². The third-order valence-corrected chi connectivity index (χ3v) is 3.10. The van der Waals surface area contributed by atoms with Crippen LogP contribution in [0.2, 0.25) is 0 Å². The van der Waals surface area contributed by atoms with Crippen molar-refractivity contribution in [3.63, 3.8) is 0 Å². The van der Waals surface area contributed by atoms with E-state index in [2.05, 4.69) is 5.32 Å². The van der Waals surface area contributed by atoms with Crippen molar-refractivity contribution in [3.05, 3.63) is 17.7 Å². The summed E-state index contributed by atoms with van der Waals surface area (Å²) in [5.41, 5.74) is 0.633. The average molecular weight is 295 g/mol. The van der Waals surface area contributed by atoms with E-state index in [9.17, 15) is 4.79 Å². The monoisotopic (exact) mass is 295 g/mol. The van der Waals surface area contributed by atoms with Crippen molar-refractivity contribution >= 4 is 5.91 Å². The zero-order valence-corrected chi connectivity index (χ0v) is 13.7. The highest BCUT2D eigenvalue weighted by atomic mass is 16.5. The molecule has 1 rings (SSSR count). The van der Waals surface area contributed by atoms with Gasteiger partial charge >= 0.3 is 0 Å². The fraction of sp³-hybridized carbons (Fsp3) is 0.562. The Morgan fingerprint density at radius 3 is 1.95 bits per heavy atom. The van der Waals surface area contributed by atoms with Crippen LogP contribution in [0.3, 0.4) is 0 Å². The molecule has 1 N–H and O–H groups in total. The van der Waals surface area contributed by atoms with E-state index in [1.54, 1.807) is 21.3 Å². The van der Waals surface area contributed by atoms with Crippen LogP contribution in [0.1, 0.15) is 26.3 Å². The van der Waals surface area contributed by atoms with Gasteiger partial charge in [-0.05, 0) is 24.1 Å². The Labute approximate surface area is 126 Å². The molecular weight excluding hydrogens is 270 g/mol. The fourth-order valence-electron chi connectivity index (χ4n) is 1.87. The van der Waals surface area contributed by atoms with Crippen molar-refractivity contribution in [2.45, 2.75) is 27.2 Å². The number of amides is 1. The Morgan fingerprint density at radius 2 is 1.57 bits per heavy atom. The number of nitrogens with one attached hydrogen (secondary N) is 1. The second-order valence-electron chi connectivity index (χ2n) is 5.79. The molecule has 0 aliphatic heterocycles. The number of hydrogen-bond acceptors (Lipinski definition) is 4. The lowest BCUT2D eigenvalue weighted by atomic mass is 9.95. The summed E-state index contributed by atoms with van der Waals surface area (Å²) >= 11 is 0. The number of carbonyl (C=O) groups is 1. The zero-order valence-electron chi connectivity index (χ0n) is 13.7. The minimum atomic E-state index is -0.380. The van der Waals surface area contributed by atoms with Crippen LogP contribution in [0.25, 0.3) is 0 Å². The third kappa shape index (κ3) is 4.55. The second kappa shape index (κ2) is 7.20. The fourth-order valence-corrected chi connectivity index (χ4v) is 1.87. The van der Waals surface area contributed by atoms with Crippen LogP contribution in [-0.4, -0.2) is 33.8 Å². The summed E-state index contributed by atoms with van der Waals surface area (Å²) < 4.78 is 15.9. The number of methoxy groups -OCH3 is 3. The van der Waals surface area contributed by atoms with Gasteiger partial charge in [-0.3, -0.25) is 4.79 Å². The zero-order chi connectivity index (χ0) is 16.0. The number of carbonyl (C=O) groups excluding carboxylic acids is 1. The van der Waals surface area contributed by atoms with Crippen LogP contribution in [0.4, 0.5) is 0 Å². The molecule has 0 saturated heterocycles. The van der Waals surface area contributed by atoms with E-state index in [1.807, 2.05) is 32.9 Å². The van der Waals surface area contributed by atoms with Crippen molar-refractivity contribution in [3.8, 4) is 17.2 Å². The Morgan fingerprint density at radius 1 is 1.05 bits per heavy atom. The van der Waals surface area contributed by atoms with Crippen molar-refractivity contribution in [2.24, 2.45) is 5.41 Å². The summed E-state index contributed by atoms with van der Waals surface area (Å²) in [6.45, 7) is 6.24. The topological polar surface area (TPSA) is 56.8 Å². The third-order valence-electron chi connectivity index (χ3n) is 3.10. The molecule has 0 aromatic heterocycles. The van der Waals surface area contributed by atoms with Crippen LogP contribution < -0.4 is 19.5 Å². The summed E-state index contributed by atoms with van der Waals surface area (Å²) in [5, 5.41) is 2.92. The van der Waals surface area contributed by atoms with E-state index in [0.29, 0.717) is 30.2 Å². The molecular formula is C16H25NO4. The highest BCUT2D eigenvalue weighted by Gasteiger charge is 2.20. The van der Waals surface area contributed by atoms with Crippen LogP contribution in [-0.2, 0) is 11.2 Å². The lowest BCUT2D eigenvalue weighted by Gasteiger charge is -2.18. The number of hydrogen-bond donors (Lipinski definition) is 1. The molecule has 5 heteroatoms. The van der Waals surface area contributed by atoms with E-state index in [1.165, 1.54) is 0 Å². The lowest BCUT2D eigenvalue weighted by molar-refractivity contribution is -0.128. The van der Waals surface area contributed by atoms with Gasteiger partial charge in [0.05, 0.1) is 21.3 Å². The highest BCUT2D eigenvalue weighted by Crippen LogP contribution is 2.38. The van der Waals surface area contributed by atoms with E-state index in [-0.39, 0.29) is 11.3 Å². The Hall–Kier alpha value is -1.91. The number of benzene rings is 1. The highest BCUT2D eigenvalue weighted by molar-refractivity contribution is 5.81. The molecule has 0 saturated carbocycles. The predicted molar refractivity (Wildman–Crippen MR) is 82.3 cm³/mol. The SMILES string of the molecule is COc1cc(CCNC(=O)C(C)(C)C)cc(OC)c1OC. The van der Waals surface area contributed by atoms with Gasteiger partial charge in [0.1, 0.15) is 0 Å². The molecule has 21 heavy (non-hydrogen) atoms. The van der Waals surface area contributed by atoms with E-state index < -0.39 is 0 Å². The molecule has 0 radical (unpaired) electrons. The maximum Gasteiger partial charge on any atom is 0.225 e. The van der Waals surface area contributed by atoms with Gasteiger partial charge in [0.2, 0.25) is 11.7 Å². The molecule has 0 bridgehead atoms. The number of ether oxygens (including phenoxy) is 3. The Balaban J connectivity index is 2.78. The van der Waals surface area contributed by atoms with Gasteiger partial charge in [0.25, 0.3) is 0 Å². The van der Waals surface area contributed by atoms with Crippen LogP contribution >= 0.6 is 0 Å². The molecule has 5 nitrogen and oxygen atoms in total. The van der Waals surface area contributed by atoms with Gasteiger partial charge in [-0.1, -0.05) is 20.8 Å². The smallest absolute Gasteiger partial charge is 0.225 e. The molecule has 0 aliphatic rings. The summed E-state index contributed by atoms with van der Waals surface area (Å²) in [7, 11) is 4.74. The molecule has 0 atom stereocenters. The molecule has 0 unspecified atom stereocenters. The average Bonchev–Trinajstić information content (AvgIpc) is 2.44. The molecule has 1 aromatic rings. The molecule has 1 aromatic carbocycles. The maximum atomic E-state index is 11.8. The number of rotatable bonds is 6. The van der Waals surface area contributed by atoms with E-state index >= 15 is 0 Å². The molecule has 0 spiro atoms. The Bertz CT molecular complexity index is 467. The first-order valence-corrected chi connectivity index (χ1v) is 6.90. The first kappa shape index (κ1) is 17.1. The van der Waals surface area contributed by atoms with Gasteiger partial charge in [0.15, 0.2) is 11.5 Å². The first-order chi connectivity index (χ1) is 9.83. The van der Waals surface area contributed by atoms with Gasteiger partial charge in [-0.2, -0.15) is 0 Å². The molecule has 0 aliphatic carbocycles. The summed E-state index contributed by atoms with van der Waals surface area (Å²) in [6.07, 6.45) is 0.693. The van der Waals surface area contributed by atoms with Gasteiger partial charge in [0, 0.05) is 12.0 Å². The van der Waals surface area contributed by atoms with E-state index in [4.69, 9.17) is 14.2 Å². The van der Waals surface area contributed by atoms with Crippen molar-refractivity contribution in [1.29, 1.82) is 0 Å². The minimum absolute atomic E-state index is 0.0370. The van der Waals surface area contributed by atoms with Crippen molar-refractivity contribution in [2.75, 3.05) is 27.9 Å². The van der Waals surface area contributed by atoms with E-state index in [0.717, 1.165) is 5.56 Å². The standard InChI is InChI=1S/C16H25NO4/c1-16(2,3)15(18)17-8-7-11-9-12(19-4)14(21-6)13(10-11)20-5/h9-10H,7-8H2,1-6H3,(H,17,18). The molecule has 0 fully saturated rings. The summed E-state index contributed by atoms with van der Waals surface area (Å²) in [6, 6.07) is 3.79. The predicted octanol–water partition coefficient (Wildman–Crippen LogP) is 2.42. The summed E-state index contributed by atoms with van der Waals surface area (Å²) in [4.78, 5) is 11.8. The largest absolute Gasteiger partial charge is 0.493 e. The second-order valence-corrected chi connectivity index (χ2v) is 5.79. The molecule has 0 heterocycles. The first-order valence-electron chi connectivity index (χ1n) is 6.90. The normalized spacial score (nSPS) is 11.0. The van der Waals surface area contributed by atoms with Gasteiger partial charge < -0.3 is 19.5 Å². The van der Waals surface area contributed by atoms with Crippen molar-refractivity contribution in [1.82, 2.24) is 5.32 Å². The lowest BCUT2D eigenvalue weighted by Crippen LogP contribution is -2.35. The van der Waals surface area contributed by atoms with Gasteiger partial charge in [-0.15, -0.1) is 0 Å². The minimum Gasteiger partial charge on any atom is -0.493 e.